The van der Waals surface area contributed by atoms with Gasteiger partial charge in [-0.05, 0) is 62.5 Å². The number of fused-ring (bicyclic) bond motifs is 4. The number of aromatic nitrogens is 4. The summed E-state index contributed by atoms with van der Waals surface area (Å²) in [5.74, 6) is 3.48. The maximum absolute atomic E-state index is 4.50. The van der Waals surface area contributed by atoms with E-state index in [-0.39, 0.29) is 42.1 Å². The van der Waals surface area contributed by atoms with Crippen molar-refractivity contribution >= 4 is 91.6 Å². The van der Waals surface area contributed by atoms with E-state index in [4.69, 9.17) is 0 Å². The quantitative estimate of drug-likeness (QED) is 0.0755. The Morgan fingerprint density at radius 3 is 1.09 bits per heavy atom. The van der Waals surface area contributed by atoms with Gasteiger partial charge in [-0.2, -0.15) is 24.3 Å². The van der Waals surface area contributed by atoms with Gasteiger partial charge in [-0.1, -0.05) is 170 Å². The number of para-hydroxylation sites is 4. The van der Waals surface area contributed by atoms with Gasteiger partial charge in [0.2, 0.25) is 0 Å². The normalized spacial score (nSPS) is 12.2. The van der Waals surface area contributed by atoms with Gasteiger partial charge in [-0.15, -0.1) is 70.5 Å². The molecule has 0 saturated heterocycles. The summed E-state index contributed by atoms with van der Waals surface area (Å²) in [7, 11) is 0. The standard InChI is InChI=1S/2C18H16N4.2C13H11N2.2Pt/c2*1-13(2)21-12-22(18-17(21)19-9-10-20-18)16-8-7-14-5-3-4-6-15(14)11-16;2*1-3-7-12(8-4-1)14-11-15-13-9-5-2-6-10-13;;/h2*3-7,9-13H,1-2H3;2*1-11H;;/q2*-2;2*-1;;. The molecular formula is C62H54N12Pt2-6. The molecule has 0 aliphatic carbocycles. The van der Waals surface area contributed by atoms with Gasteiger partial charge in [0.25, 0.3) is 0 Å². The van der Waals surface area contributed by atoms with Crippen LogP contribution in [-0.2, 0) is 42.1 Å². The smallest absolute Gasteiger partial charge is 0.144 e. The average molecular weight is 1360 g/mol. The Balaban J connectivity index is 0.000000149. The third-order valence-electron chi connectivity index (χ3n) is 11.6. The fraction of sp³-hybridized carbons (Fsp3) is 0.0968. The largest absolute Gasteiger partial charge is 0.483 e. The number of rotatable bonds is 10. The molecule has 2 aliphatic heterocycles. The maximum atomic E-state index is 4.50. The Morgan fingerprint density at radius 1 is 0.421 bits per heavy atom. The average Bonchev–Trinajstić information content (AvgIpc) is 4.06. The van der Waals surface area contributed by atoms with Gasteiger partial charge in [0.15, 0.2) is 0 Å². The van der Waals surface area contributed by atoms with Crippen molar-refractivity contribution in [2.75, 3.05) is 19.6 Å². The molecule has 0 fully saturated rings. The molecular weight excluding hydrogens is 1300 g/mol. The fourth-order valence-electron chi connectivity index (χ4n) is 7.81. The first kappa shape index (κ1) is 55.7. The van der Waals surface area contributed by atoms with E-state index < -0.39 is 0 Å². The minimum atomic E-state index is 0. The number of benzene rings is 8. The topological polar surface area (TPSA) is 117 Å². The maximum Gasteiger partial charge on any atom is 0.144 e. The predicted octanol–water partition coefficient (Wildman–Crippen LogP) is 15.9. The monoisotopic (exact) mass is 1360 g/mol. The second kappa shape index (κ2) is 28.0. The molecule has 2 aromatic heterocycles. The molecule has 14 heteroatoms. The molecule has 8 aromatic carbocycles. The van der Waals surface area contributed by atoms with E-state index in [1.54, 1.807) is 37.5 Å². The number of aliphatic imine (C=N–C) groups is 2. The summed E-state index contributed by atoms with van der Waals surface area (Å²) in [5.41, 5.74) is 5.61. The van der Waals surface area contributed by atoms with Crippen molar-refractivity contribution in [3.8, 4) is 0 Å². The Labute approximate surface area is 474 Å². The second-order valence-corrected chi connectivity index (χ2v) is 17.4. The Hall–Kier alpha value is -8.04. The Kier molecular flexibility index (Phi) is 20.5. The van der Waals surface area contributed by atoms with Crippen LogP contribution in [0.1, 0.15) is 27.7 Å². The molecule has 0 bridgehead atoms. The van der Waals surface area contributed by atoms with Crippen LogP contribution in [0.25, 0.3) is 32.2 Å². The molecule has 76 heavy (non-hydrogen) atoms. The van der Waals surface area contributed by atoms with Gasteiger partial charge in [0.05, 0.1) is 0 Å². The van der Waals surface area contributed by atoms with Crippen LogP contribution in [0.15, 0.2) is 229 Å². The summed E-state index contributed by atoms with van der Waals surface area (Å²) >= 11 is 0. The van der Waals surface area contributed by atoms with E-state index in [1.165, 1.54) is 21.5 Å². The zero-order chi connectivity index (χ0) is 50.9. The molecule has 10 aromatic rings. The van der Waals surface area contributed by atoms with Crippen LogP contribution in [0.5, 0.6) is 0 Å². The molecule has 12 nitrogen and oxygen atoms in total. The zero-order valence-corrected chi connectivity index (χ0v) is 46.8. The molecule has 0 amide bonds. The molecule has 388 valence electrons. The first-order valence-corrected chi connectivity index (χ1v) is 24.3. The molecule has 0 atom stereocenters. The first-order valence-electron chi connectivity index (χ1n) is 24.3. The first-order chi connectivity index (χ1) is 36.4. The summed E-state index contributed by atoms with van der Waals surface area (Å²) in [6.07, 6.45) is 10.1. The summed E-state index contributed by atoms with van der Waals surface area (Å²) in [4.78, 5) is 34.7. The number of anilines is 6. The van der Waals surface area contributed by atoms with Crippen molar-refractivity contribution < 1.29 is 42.1 Å². The number of nitrogens with zero attached hydrogens (tertiary/aromatic N) is 12. The number of hydrogen-bond acceptors (Lipinski definition) is 10. The Morgan fingerprint density at radius 2 is 0.737 bits per heavy atom. The third-order valence-corrected chi connectivity index (χ3v) is 11.6. The summed E-state index contributed by atoms with van der Waals surface area (Å²) in [5, 5.41) is 13.2. The van der Waals surface area contributed by atoms with E-state index in [1.807, 2.05) is 158 Å². The predicted molar refractivity (Wildman–Crippen MR) is 306 cm³/mol. The molecule has 0 unspecified atom stereocenters. The van der Waals surface area contributed by atoms with Crippen LogP contribution in [0.3, 0.4) is 0 Å². The van der Waals surface area contributed by atoms with Gasteiger partial charge in [0.1, 0.15) is 23.3 Å². The van der Waals surface area contributed by atoms with E-state index in [2.05, 4.69) is 150 Å². The minimum Gasteiger partial charge on any atom is -0.483 e. The van der Waals surface area contributed by atoms with E-state index in [0.717, 1.165) is 57.4 Å². The van der Waals surface area contributed by atoms with Crippen LogP contribution in [-0.4, -0.2) is 44.7 Å². The molecule has 0 N–H and O–H groups in total. The summed E-state index contributed by atoms with van der Waals surface area (Å²) in [6.45, 7) is 12.7. The summed E-state index contributed by atoms with van der Waals surface area (Å²) < 4.78 is 0. The fourth-order valence-corrected chi connectivity index (χ4v) is 7.81. The van der Waals surface area contributed by atoms with Crippen LogP contribution >= 0.6 is 0 Å². The molecule has 0 spiro atoms. The molecule has 0 saturated carbocycles. The second-order valence-electron chi connectivity index (χ2n) is 17.4. The van der Waals surface area contributed by atoms with Crippen molar-refractivity contribution in [3.05, 3.63) is 255 Å². The van der Waals surface area contributed by atoms with Gasteiger partial charge < -0.3 is 40.2 Å². The van der Waals surface area contributed by atoms with Gasteiger partial charge in [-0.3, -0.25) is 0 Å². The van der Waals surface area contributed by atoms with Crippen molar-refractivity contribution in [1.29, 1.82) is 0 Å². The van der Waals surface area contributed by atoms with Crippen molar-refractivity contribution in [2.24, 2.45) is 9.98 Å². The summed E-state index contributed by atoms with van der Waals surface area (Å²) in [6, 6.07) is 71.3. The van der Waals surface area contributed by atoms with Crippen LogP contribution in [0, 0.1) is 25.5 Å². The Bertz CT molecular complexity index is 3180. The van der Waals surface area contributed by atoms with E-state index in [0.29, 0.717) is 12.1 Å². The molecule has 12 rings (SSSR count). The van der Waals surface area contributed by atoms with Crippen LogP contribution in [0.2, 0.25) is 0 Å². The van der Waals surface area contributed by atoms with Crippen molar-refractivity contribution in [2.45, 2.75) is 39.8 Å². The van der Waals surface area contributed by atoms with Gasteiger partial charge in [-0.25, -0.2) is 19.9 Å². The van der Waals surface area contributed by atoms with Crippen molar-refractivity contribution in [3.63, 3.8) is 0 Å². The van der Waals surface area contributed by atoms with Crippen molar-refractivity contribution in [1.82, 2.24) is 19.9 Å². The van der Waals surface area contributed by atoms with Crippen LogP contribution in [0.4, 0.5) is 57.4 Å². The SMILES string of the molecule is C(=Nc1ccccc1)[N-]c1ccccc1.C(=Nc1ccccc1)[N-]c1ccccc1.CC(C)N1[CH-]N(c2[c-]cc3ccccc3c2)c2nccnc21.CC(C)N1[CH-]N(c2[c-]cc3ccccc3c2)c2nccnc21.[Pt].[Pt]. The third kappa shape index (κ3) is 14.6. The number of hydrogen-bond donors (Lipinski definition) is 0. The molecule has 4 heterocycles. The molecule has 0 radical (unpaired) electrons. The minimum absolute atomic E-state index is 0. The zero-order valence-electron chi connectivity index (χ0n) is 42.2. The van der Waals surface area contributed by atoms with Crippen LogP contribution < -0.4 is 19.6 Å². The van der Waals surface area contributed by atoms with E-state index >= 15 is 0 Å². The van der Waals surface area contributed by atoms with Gasteiger partial charge >= 0.3 is 0 Å². The van der Waals surface area contributed by atoms with E-state index in [9.17, 15) is 0 Å². The molecule has 2 aliphatic rings. The van der Waals surface area contributed by atoms with Gasteiger partial charge in [0, 0.05) is 66.9 Å².